The van der Waals surface area contributed by atoms with Crippen LogP contribution in [-0.4, -0.2) is 11.3 Å². The summed E-state index contributed by atoms with van der Waals surface area (Å²) in [5, 5.41) is 4.22. The van der Waals surface area contributed by atoms with Crippen molar-refractivity contribution in [2.24, 2.45) is 5.73 Å². The van der Waals surface area contributed by atoms with Crippen molar-refractivity contribution < 1.29 is 4.79 Å². The van der Waals surface area contributed by atoms with Gasteiger partial charge < -0.3 is 10.5 Å². The van der Waals surface area contributed by atoms with Gasteiger partial charge in [0.15, 0.2) is 0 Å². The molecule has 1 aromatic heterocycles. The fraction of sp³-hybridized carbons (Fsp3) is 0.158. The molecule has 3 aromatic rings. The van der Waals surface area contributed by atoms with Crippen LogP contribution in [-0.2, 0) is 17.9 Å². The molecular formula is C19H17N3O. The van der Waals surface area contributed by atoms with Crippen molar-refractivity contribution in [3.8, 4) is 11.1 Å². The van der Waals surface area contributed by atoms with E-state index >= 15 is 0 Å². The minimum Gasteiger partial charge on any atom is -0.326 e. The molecule has 0 radical (unpaired) electrons. The zero-order valence-electron chi connectivity index (χ0n) is 12.6. The van der Waals surface area contributed by atoms with Gasteiger partial charge in [-0.15, -0.1) is 0 Å². The highest BCUT2D eigenvalue weighted by atomic mass is 16.1. The standard InChI is InChI=1S/C19H17N3O/c20-9-12-1-3-13(4-2-12)14-5-6-17-15(7-14)8-16-18(22-17)10-21-19(16)11-23/h1-8,11,19,21H,9-10,20H2. The first-order chi connectivity index (χ1) is 11.3. The second kappa shape index (κ2) is 5.57. The molecule has 2 aromatic carbocycles. The van der Waals surface area contributed by atoms with Crippen molar-refractivity contribution in [2.45, 2.75) is 19.1 Å². The molecule has 4 rings (SSSR count). The topological polar surface area (TPSA) is 68.0 Å². The molecule has 4 heteroatoms. The zero-order chi connectivity index (χ0) is 15.8. The van der Waals surface area contributed by atoms with Gasteiger partial charge in [-0.25, -0.2) is 0 Å². The molecule has 0 spiro atoms. The third kappa shape index (κ3) is 2.42. The number of nitrogens with one attached hydrogen (secondary N) is 1. The molecule has 1 aliphatic rings. The lowest BCUT2D eigenvalue weighted by atomic mass is 10.00. The first-order valence-corrected chi connectivity index (χ1v) is 7.70. The van der Waals surface area contributed by atoms with Gasteiger partial charge in [0.25, 0.3) is 0 Å². The number of carbonyl (C=O) groups is 1. The number of hydrogen-bond acceptors (Lipinski definition) is 4. The third-order valence-corrected chi connectivity index (χ3v) is 4.41. The van der Waals surface area contributed by atoms with Gasteiger partial charge in [-0.05, 0) is 40.5 Å². The van der Waals surface area contributed by atoms with E-state index in [0.717, 1.165) is 45.1 Å². The Bertz CT molecular complexity index is 887. The molecule has 3 N–H and O–H groups in total. The van der Waals surface area contributed by atoms with Crippen molar-refractivity contribution in [2.75, 3.05) is 0 Å². The SMILES string of the molecule is NCc1ccc(-c2ccc3nc4c(cc3c2)C(C=O)NC4)cc1. The van der Waals surface area contributed by atoms with Gasteiger partial charge in [-0.2, -0.15) is 0 Å². The molecule has 1 unspecified atom stereocenters. The average molecular weight is 303 g/mol. The Labute approximate surface area is 134 Å². The molecule has 0 aliphatic carbocycles. The van der Waals surface area contributed by atoms with E-state index in [1.54, 1.807) is 0 Å². The lowest BCUT2D eigenvalue weighted by Gasteiger charge is -2.08. The van der Waals surface area contributed by atoms with Gasteiger partial charge in [-0.1, -0.05) is 30.3 Å². The molecule has 23 heavy (non-hydrogen) atoms. The molecule has 0 fully saturated rings. The maximum Gasteiger partial charge on any atom is 0.141 e. The largest absolute Gasteiger partial charge is 0.326 e. The molecule has 0 bridgehead atoms. The Hall–Kier alpha value is -2.56. The maximum absolute atomic E-state index is 11.2. The molecule has 1 atom stereocenters. The van der Waals surface area contributed by atoms with E-state index in [1.165, 1.54) is 0 Å². The van der Waals surface area contributed by atoms with Crippen LogP contribution in [0.1, 0.15) is 22.9 Å². The van der Waals surface area contributed by atoms with Crippen molar-refractivity contribution in [1.29, 1.82) is 0 Å². The summed E-state index contributed by atoms with van der Waals surface area (Å²) in [4.78, 5) is 15.8. The molecule has 114 valence electrons. The summed E-state index contributed by atoms with van der Waals surface area (Å²) < 4.78 is 0. The van der Waals surface area contributed by atoms with Gasteiger partial charge in [-0.3, -0.25) is 10.3 Å². The highest BCUT2D eigenvalue weighted by Gasteiger charge is 2.22. The Kier molecular flexibility index (Phi) is 3.41. The van der Waals surface area contributed by atoms with Crippen molar-refractivity contribution in [3.63, 3.8) is 0 Å². The van der Waals surface area contributed by atoms with Crippen LogP contribution in [0.25, 0.3) is 22.0 Å². The Morgan fingerprint density at radius 2 is 1.91 bits per heavy atom. The number of nitrogens with two attached hydrogens (primary N) is 1. The number of nitrogens with zero attached hydrogens (tertiary/aromatic N) is 1. The van der Waals surface area contributed by atoms with E-state index < -0.39 is 0 Å². The van der Waals surface area contributed by atoms with Crippen LogP contribution >= 0.6 is 0 Å². The smallest absolute Gasteiger partial charge is 0.141 e. The number of aromatic nitrogens is 1. The van der Waals surface area contributed by atoms with E-state index in [4.69, 9.17) is 5.73 Å². The molecule has 0 saturated carbocycles. The van der Waals surface area contributed by atoms with Crippen LogP contribution in [0.4, 0.5) is 0 Å². The molecule has 4 nitrogen and oxygen atoms in total. The fourth-order valence-electron chi connectivity index (χ4n) is 3.09. The van der Waals surface area contributed by atoms with Crippen LogP contribution < -0.4 is 11.1 Å². The molecule has 0 saturated heterocycles. The number of pyridine rings is 1. The van der Waals surface area contributed by atoms with E-state index in [9.17, 15) is 4.79 Å². The fourth-order valence-corrected chi connectivity index (χ4v) is 3.09. The second-order valence-corrected chi connectivity index (χ2v) is 5.83. The van der Waals surface area contributed by atoms with Crippen molar-refractivity contribution in [3.05, 3.63) is 65.4 Å². The Morgan fingerprint density at radius 3 is 2.65 bits per heavy atom. The lowest BCUT2D eigenvalue weighted by Crippen LogP contribution is -2.12. The summed E-state index contributed by atoms with van der Waals surface area (Å²) in [5.41, 5.74) is 12.0. The second-order valence-electron chi connectivity index (χ2n) is 5.83. The third-order valence-electron chi connectivity index (χ3n) is 4.41. The van der Waals surface area contributed by atoms with Gasteiger partial charge >= 0.3 is 0 Å². The quantitative estimate of drug-likeness (QED) is 0.730. The van der Waals surface area contributed by atoms with E-state index in [2.05, 4.69) is 40.6 Å². The summed E-state index contributed by atoms with van der Waals surface area (Å²) in [6.07, 6.45) is 0.939. The molecule has 1 aliphatic heterocycles. The van der Waals surface area contributed by atoms with Crippen LogP contribution in [0.2, 0.25) is 0 Å². The number of rotatable bonds is 3. The van der Waals surface area contributed by atoms with Crippen molar-refractivity contribution in [1.82, 2.24) is 10.3 Å². The number of aldehydes is 1. The first-order valence-electron chi connectivity index (χ1n) is 7.70. The van der Waals surface area contributed by atoms with Crippen LogP contribution in [0.3, 0.4) is 0 Å². The number of benzene rings is 2. The highest BCUT2D eigenvalue weighted by molar-refractivity contribution is 5.86. The lowest BCUT2D eigenvalue weighted by molar-refractivity contribution is -0.109. The molecular weight excluding hydrogens is 286 g/mol. The normalized spacial score (nSPS) is 16.5. The summed E-state index contributed by atoms with van der Waals surface area (Å²) in [5.74, 6) is 0. The zero-order valence-corrected chi connectivity index (χ0v) is 12.6. The first kappa shape index (κ1) is 14.1. The Morgan fingerprint density at radius 1 is 1.13 bits per heavy atom. The molecule has 0 amide bonds. The minimum absolute atomic E-state index is 0.241. The summed E-state index contributed by atoms with van der Waals surface area (Å²) >= 11 is 0. The predicted octanol–water partition coefficient (Wildman–Crippen LogP) is 2.70. The summed E-state index contributed by atoms with van der Waals surface area (Å²) in [6.45, 7) is 1.20. The van der Waals surface area contributed by atoms with E-state index in [-0.39, 0.29) is 6.04 Å². The van der Waals surface area contributed by atoms with Crippen molar-refractivity contribution >= 4 is 17.2 Å². The van der Waals surface area contributed by atoms with Crippen LogP contribution in [0, 0.1) is 0 Å². The van der Waals surface area contributed by atoms with E-state index in [1.807, 2.05) is 18.2 Å². The number of carbonyl (C=O) groups excluding carboxylic acids is 1. The highest BCUT2D eigenvalue weighted by Crippen LogP contribution is 2.29. The summed E-state index contributed by atoms with van der Waals surface area (Å²) in [6, 6.07) is 16.3. The van der Waals surface area contributed by atoms with Crippen LogP contribution in [0.15, 0.2) is 48.5 Å². The van der Waals surface area contributed by atoms with Gasteiger partial charge in [0.2, 0.25) is 0 Å². The molecule has 2 heterocycles. The van der Waals surface area contributed by atoms with Gasteiger partial charge in [0.1, 0.15) is 6.29 Å². The Balaban J connectivity index is 1.80. The average Bonchev–Trinajstić information content (AvgIpc) is 3.01. The van der Waals surface area contributed by atoms with Gasteiger partial charge in [0.05, 0.1) is 17.3 Å². The number of hydrogen-bond donors (Lipinski definition) is 2. The maximum atomic E-state index is 11.2. The van der Waals surface area contributed by atoms with Gasteiger partial charge in [0, 0.05) is 18.5 Å². The van der Waals surface area contributed by atoms with Crippen LogP contribution in [0.5, 0.6) is 0 Å². The minimum atomic E-state index is -0.241. The summed E-state index contributed by atoms with van der Waals surface area (Å²) in [7, 11) is 0. The monoisotopic (exact) mass is 303 g/mol. The number of fused-ring (bicyclic) bond motifs is 2. The predicted molar refractivity (Wildman–Crippen MR) is 90.7 cm³/mol. The van der Waals surface area contributed by atoms with E-state index in [0.29, 0.717) is 13.1 Å².